The van der Waals surface area contributed by atoms with Crippen molar-refractivity contribution in [3.63, 3.8) is 0 Å². The van der Waals surface area contributed by atoms with E-state index >= 15 is 0 Å². The number of nitriles is 1. The van der Waals surface area contributed by atoms with E-state index in [-0.39, 0.29) is 11.5 Å². The molecule has 1 aromatic heterocycles. The molecule has 0 bridgehead atoms. The molecule has 1 heterocycles. The second-order valence-corrected chi connectivity index (χ2v) is 7.06. The summed E-state index contributed by atoms with van der Waals surface area (Å²) in [5, 5.41) is 8.80. The molecule has 3 aromatic rings. The van der Waals surface area contributed by atoms with Crippen LogP contribution in [0.3, 0.4) is 0 Å². The van der Waals surface area contributed by atoms with E-state index in [1.807, 2.05) is 24.3 Å². The smallest absolute Gasteiger partial charge is 0.261 e. The van der Waals surface area contributed by atoms with Crippen LogP contribution >= 0.6 is 0 Å². The molecule has 1 N–H and O–H groups in total. The van der Waals surface area contributed by atoms with Crippen molar-refractivity contribution >= 4 is 15.7 Å². The maximum Gasteiger partial charge on any atom is 0.261 e. The third kappa shape index (κ3) is 4.37. The number of nitrogens with one attached hydrogen (secondary N) is 1. The normalized spacial score (nSPS) is 10.7. The number of hydrogen-bond donors (Lipinski definition) is 1. The van der Waals surface area contributed by atoms with E-state index in [4.69, 9.17) is 10.00 Å². The summed E-state index contributed by atoms with van der Waals surface area (Å²) in [6.07, 6.45) is 1.68. The van der Waals surface area contributed by atoms with Crippen molar-refractivity contribution in [2.75, 3.05) is 4.72 Å². The van der Waals surface area contributed by atoms with E-state index in [0.29, 0.717) is 17.0 Å². The molecule has 7 heteroatoms. The molecule has 3 rings (SSSR count). The molecule has 0 aliphatic rings. The highest BCUT2D eigenvalue weighted by Crippen LogP contribution is 2.21. The molecule has 0 aliphatic heterocycles. The molecule has 6 nitrogen and oxygen atoms in total. The first-order chi connectivity index (χ1) is 12.6. The fraction of sp³-hybridized carbons (Fsp3) is 0.0526. The Balaban J connectivity index is 1.72. The molecule has 0 aliphatic carbocycles. The van der Waals surface area contributed by atoms with Gasteiger partial charge in [-0.2, -0.15) is 5.26 Å². The average molecular weight is 365 g/mol. The van der Waals surface area contributed by atoms with Gasteiger partial charge in [0.05, 0.1) is 27.9 Å². The predicted molar refractivity (Wildman–Crippen MR) is 97.0 cm³/mol. The Bertz CT molecular complexity index is 1030. The fourth-order valence-corrected chi connectivity index (χ4v) is 3.26. The van der Waals surface area contributed by atoms with Crippen LogP contribution in [0.2, 0.25) is 0 Å². The lowest BCUT2D eigenvalue weighted by molar-refractivity contribution is 0.301. The Morgan fingerprint density at radius 3 is 2.54 bits per heavy atom. The lowest BCUT2D eigenvalue weighted by Gasteiger charge is -2.10. The zero-order chi connectivity index (χ0) is 18.4. The first-order valence-corrected chi connectivity index (χ1v) is 9.21. The van der Waals surface area contributed by atoms with E-state index in [9.17, 15) is 8.42 Å². The van der Waals surface area contributed by atoms with Gasteiger partial charge in [0.15, 0.2) is 0 Å². The van der Waals surface area contributed by atoms with Crippen LogP contribution in [-0.2, 0) is 16.6 Å². The molecule has 0 radical (unpaired) electrons. The van der Waals surface area contributed by atoms with Gasteiger partial charge < -0.3 is 4.74 Å². The van der Waals surface area contributed by atoms with Gasteiger partial charge in [-0.15, -0.1) is 0 Å². The summed E-state index contributed by atoms with van der Waals surface area (Å²) in [6, 6.07) is 19.9. The first-order valence-electron chi connectivity index (χ1n) is 7.72. The molecule has 0 unspecified atom stereocenters. The van der Waals surface area contributed by atoms with E-state index in [0.717, 1.165) is 5.69 Å². The van der Waals surface area contributed by atoms with Gasteiger partial charge in [-0.1, -0.05) is 12.1 Å². The van der Waals surface area contributed by atoms with Crippen molar-refractivity contribution in [3.8, 4) is 11.8 Å². The Morgan fingerprint density at radius 1 is 1.04 bits per heavy atom. The van der Waals surface area contributed by atoms with Gasteiger partial charge in [0.1, 0.15) is 12.4 Å². The van der Waals surface area contributed by atoms with Gasteiger partial charge >= 0.3 is 0 Å². The summed E-state index contributed by atoms with van der Waals surface area (Å²) in [7, 11) is -3.75. The minimum Gasteiger partial charge on any atom is -0.487 e. The maximum atomic E-state index is 12.4. The quantitative estimate of drug-likeness (QED) is 0.723. The average Bonchev–Trinajstić information content (AvgIpc) is 2.67. The molecular formula is C19H15N3O3S. The molecule has 0 saturated heterocycles. The van der Waals surface area contributed by atoms with Crippen LogP contribution in [0.1, 0.15) is 11.3 Å². The topological polar surface area (TPSA) is 92.1 Å². The molecule has 0 spiro atoms. The van der Waals surface area contributed by atoms with E-state index < -0.39 is 10.0 Å². The summed E-state index contributed by atoms with van der Waals surface area (Å²) in [6.45, 7) is 0.284. The number of anilines is 1. The van der Waals surface area contributed by atoms with Gasteiger partial charge in [0.25, 0.3) is 10.0 Å². The summed E-state index contributed by atoms with van der Waals surface area (Å²) < 4.78 is 33.0. The summed E-state index contributed by atoms with van der Waals surface area (Å²) in [5.74, 6) is 0.524. The Morgan fingerprint density at radius 2 is 1.85 bits per heavy atom. The summed E-state index contributed by atoms with van der Waals surface area (Å²) in [5.41, 5.74) is 1.55. The number of rotatable bonds is 6. The van der Waals surface area contributed by atoms with E-state index in [1.54, 1.807) is 30.5 Å². The minimum absolute atomic E-state index is 0.0799. The van der Waals surface area contributed by atoms with Crippen molar-refractivity contribution in [2.24, 2.45) is 0 Å². The van der Waals surface area contributed by atoms with Crippen LogP contribution in [0.25, 0.3) is 0 Å². The largest absolute Gasteiger partial charge is 0.487 e. The number of nitrogens with zero attached hydrogens (tertiary/aromatic N) is 2. The van der Waals surface area contributed by atoms with Crippen molar-refractivity contribution in [1.82, 2.24) is 4.98 Å². The highest BCUT2D eigenvalue weighted by atomic mass is 32.2. The predicted octanol–water partition coefficient (Wildman–Crippen LogP) is 3.33. The van der Waals surface area contributed by atoms with Crippen molar-refractivity contribution in [1.29, 1.82) is 5.26 Å². The van der Waals surface area contributed by atoms with Gasteiger partial charge in [0.2, 0.25) is 0 Å². The standard InChI is InChI=1S/C19H15N3O3S/c20-13-15-7-9-19(10-8-15)26(23,24)22-16-5-3-6-18(12-16)25-14-17-4-1-2-11-21-17/h1-12,22H,14H2. The highest BCUT2D eigenvalue weighted by Gasteiger charge is 2.14. The Kier molecular flexibility index (Phi) is 5.15. The van der Waals surface area contributed by atoms with Crippen LogP contribution < -0.4 is 9.46 Å². The van der Waals surface area contributed by atoms with Crippen LogP contribution in [0.5, 0.6) is 5.75 Å². The zero-order valence-corrected chi connectivity index (χ0v) is 14.5. The van der Waals surface area contributed by atoms with Gasteiger partial charge in [-0.3, -0.25) is 9.71 Å². The summed E-state index contributed by atoms with van der Waals surface area (Å²) in [4.78, 5) is 4.25. The number of sulfonamides is 1. The van der Waals surface area contributed by atoms with Crippen LogP contribution in [0.15, 0.2) is 77.8 Å². The fourth-order valence-electron chi connectivity index (χ4n) is 2.21. The Labute approximate surface area is 151 Å². The lowest BCUT2D eigenvalue weighted by Crippen LogP contribution is -2.13. The minimum atomic E-state index is -3.75. The molecule has 26 heavy (non-hydrogen) atoms. The third-order valence-electron chi connectivity index (χ3n) is 3.49. The van der Waals surface area contributed by atoms with E-state index in [2.05, 4.69) is 9.71 Å². The van der Waals surface area contributed by atoms with Crippen LogP contribution in [0.4, 0.5) is 5.69 Å². The van der Waals surface area contributed by atoms with Crippen LogP contribution in [0, 0.1) is 11.3 Å². The first kappa shape index (κ1) is 17.5. The summed E-state index contributed by atoms with van der Waals surface area (Å²) >= 11 is 0. The number of ether oxygens (including phenoxy) is 1. The molecule has 2 aromatic carbocycles. The van der Waals surface area contributed by atoms with Gasteiger partial charge in [0, 0.05) is 12.3 Å². The molecule has 0 saturated carbocycles. The monoisotopic (exact) mass is 365 g/mol. The third-order valence-corrected chi connectivity index (χ3v) is 4.89. The van der Waals surface area contributed by atoms with Crippen molar-refractivity contribution in [3.05, 3.63) is 84.2 Å². The Hall–Kier alpha value is -3.37. The second-order valence-electron chi connectivity index (χ2n) is 5.38. The number of benzene rings is 2. The number of pyridine rings is 1. The number of aromatic nitrogens is 1. The highest BCUT2D eigenvalue weighted by molar-refractivity contribution is 7.92. The van der Waals surface area contributed by atoms with Crippen LogP contribution in [-0.4, -0.2) is 13.4 Å². The van der Waals surface area contributed by atoms with Crippen molar-refractivity contribution in [2.45, 2.75) is 11.5 Å². The number of hydrogen-bond acceptors (Lipinski definition) is 5. The SMILES string of the molecule is N#Cc1ccc(S(=O)(=O)Nc2cccc(OCc3ccccn3)c2)cc1. The van der Waals surface area contributed by atoms with E-state index in [1.165, 1.54) is 24.3 Å². The lowest BCUT2D eigenvalue weighted by atomic mass is 10.2. The second kappa shape index (κ2) is 7.68. The molecule has 130 valence electrons. The molecule has 0 amide bonds. The van der Waals surface area contributed by atoms with Gasteiger partial charge in [-0.25, -0.2) is 8.42 Å². The molecule has 0 atom stereocenters. The zero-order valence-electron chi connectivity index (χ0n) is 13.7. The maximum absolute atomic E-state index is 12.4. The van der Waals surface area contributed by atoms with Crippen molar-refractivity contribution < 1.29 is 13.2 Å². The molecular weight excluding hydrogens is 350 g/mol. The van der Waals surface area contributed by atoms with Gasteiger partial charge in [-0.05, 0) is 48.5 Å². The molecule has 0 fully saturated rings.